The highest BCUT2D eigenvalue weighted by atomic mass is 15.1. The summed E-state index contributed by atoms with van der Waals surface area (Å²) in [4.78, 5) is 12.4. The minimum absolute atomic E-state index is 0.696. The average molecular weight is 175 g/mol. The second-order valence-electron chi connectivity index (χ2n) is 2.99. The van der Waals surface area contributed by atoms with E-state index in [-0.39, 0.29) is 0 Å². The minimum Gasteiger partial charge on any atom is -0.329 e. The topological polar surface area (TPSA) is 43.6 Å². The number of hydrogen-bond acceptors (Lipinski definition) is 3. The van der Waals surface area contributed by atoms with Gasteiger partial charge in [-0.1, -0.05) is 6.92 Å². The maximum atomic E-state index is 4.38. The predicted molar refractivity (Wildman–Crippen MR) is 48.3 cm³/mol. The highest BCUT2D eigenvalue weighted by molar-refractivity contribution is 5.47. The maximum absolute atomic E-state index is 4.38. The Labute approximate surface area is 77.0 Å². The number of nitrogens with zero attached hydrogens (tertiary/aromatic N) is 4. The molecule has 0 atom stereocenters. The second-order valence-corrected chi connectivity index (χ2v) is 2.99. The molecular weight excluding hydrogens is 164 g/mol. The molecule has 13 heavy (non-hydrogen) atoms. The van der Waals surface area contributed by atoms with Crippen molar-refractivity contribution in [1.29, 1.82) is 0 Å². The molecule has 0 aromatic heterocycles. The Balaban J connectivity index is 2.51. The van der Waals surface area contributed by atoms with Gasteiger partial charge in [-0.05, 0) is 6.42 Å². The van der Waals surface area contributed by atoms with Gasteiger partial charge in [-0.25, -0.2) is 15.0 Å². The largest absolute Gasteiger partial charge is 0.329 e. The monoisotopic (exact) mass is 175 g/mol. The lowest BCUT2D eigenvalue weighted by atomic mass is 10.3. The van der Waals surface area contributed by atoms with Crippen LogP contribution in [-0.4, -0.2) is 19.5 Å². The molecule has 4 heteroatoms. The van der Waals surface area contributed by atoms with Crippen LogP contribution in [0.25, 0.3) is 11.5 Å². The summed E-state index contributed by atoms with van der Waals surface area (Å²) in [5, 5.41) is 0. The molecule has 0 unspecified atom stereocenters. The Bertz CT molecular complexity index is 379. The smallest absolute Gasteiger partial charge is 0.183 e. The van der Waals surface area contributed by atoms with Crippen molar-refractivity contribution in [2.75, 3.05) is 0 Å². The normalized spacial score (nSPS) is 10.9. The van der Waals surface area contributed by atoms with Crippen molar-refractivity contribution in [1.82, 2.24) is 19.5 Å². The van der Waals surface area contributed by atoms with Gasteiger partial charge in [0.05, 0.1) is 6.20 Å². The van der Waals surface area contributed by atoms with Crippen LogP contribution in [0.15, 0.2) is 6.33 Å². The van der Waals surface area contributed by atoms with Gasteiger partial charge in [-0.15, -0.1) is 0 Å². The van der Waals surface area contributed by atoms with E-state index < -0.39 is 0 Å². The molecule has 0 fully saturated rings. The number of hydrogen-bond donors (Lipinski definition) is 0. The van der Waals surface area contributed by atoms with Gasteiger partial charge >= 0.3 is 0 Å². The quantitative estimate of drug-likeness (QED) is 0.685. The van der Waals surface area contributed by atoms with E-state index in [9.17, 15) is 0 Å². The van der Waals surface area contributed by atoms with Crippen LogP contribution in [0.2, 0.25) is 0 Å². The van der Waals surface area contributed by atoms with Gasteiger partial charge < -0.3 is 4.57 Å². The molecule has 4 nitrogen and oxygen atoms in total. The molecular formula is C9H11N4. The number of rotatable bonds is 2. The maximum Gasteiger partial charge on any atom is 0.183 e. The lowest BCUT2D eigenvalue weighted by Crippen LogP contribution is -2.06. The minimum atomic E-state index is 0.696. The van der Waals surface area contributed by atoms with Gasteiger partial charge in [0.1, 0.15) is 17.8 Å². The zero-order chi connectivity index (χ0) is 9.26. The highest BCUT2D eigenvalue weighted by Gasteiger charge is 2.10. The first-order valence-corrected chi connectivity index (χ1v) is 4.37. The molecule has 0 saturated heterocycles. The van der Waals surface area contributed by atoms with E-state index in [1.807, 2.05) is 11.6 Å². The molecule has 0 bridgehead atoms. The van der Waals surface area contributed by atoms with Crippen molar-refractivity contribution in [3.63, 3.8) is 0 Å². The number of aryl methyl sites for hydroxylation is 2. The summed E-state index contributed by atoms with van der Waals surface area (Å²) in [6.45, 7) is 2.13. The second kappa shape index (κ2) is 3.12. The molecule has 0 N–H and O–H groups in total. The molecule has 0 aromatic carbocycles. The summed E-state index contributed by atoms with van der Waals surface area (Å²) in [5.41, 5.74) is 0.738. The van der Waals surface area contributed by atoms with Crippen LogP contribution in [0.5, 0.6) is 0 Å². The fourth-order valence-electron chi connectivity index (χ4n) is 1.29. The molecule has 2 heterocycles. The van der Waals surface area contributed by atoms with E-state index in [1.165, 1.54) is 6.33 Å². The standard InChI is InChI=1S/C9H11N4/c1-3-4-8-12-9-7(5-13(8)2)10-6-11-9/h6H,3-4H2,1-2H3. The average Bonchev–Trinajstić information content (AvgIpc) is 2.52. The third-order valence-corrected chi connectivity index (χ3v) is 1.95. The SMILES string of the molecule is CCCc1nc2ncnc-2[c]n1C. The van der Waals surface area contributed by atoms with Gasteiger partial charge in [0.15, 0.2) is 5.82 Å². The first-order chi connectivity index (χ1) is 6.31. The van der Waals surface area contributed by atoms with Crippen LogP contribution < -0.4 is 0 Å². The molecule has 0 aromatic rings. The van der Waals surface area contributed by atoms with Crippen LogP contribution in [0.4, 0.5) is 0 Å². The Hall–Kier alpha value is -1.45. The van der Waals surface area contributed by atoms with Gasteiger partial charge in [0.25, 0.3) is 0 Å². The van der Waals surface area contributed by atoms with Gasteiger partial charge in [-0.3, -0.25) is 0 Å². The lowest BCUT2D eigenvalue weighted by Gasteiger charge is -2.07. The zero-order valence-corrected chi connectivity index (χ0v) is 7.78. The predicted octanol–water partition coefficient (Wildman–Crippen LogP) is 1.07. The first-order valence-electron chi connectivity index (χ1n) is 4.37. The Morgan fingerprint density at radius 2 is 2.31 bits per heavy atom. The molecule has 67 valence electrons. The number of imidazole rings is 1. The Morgan fingerprint density at radius 3 is 3.08 bits per heavy atom. The lowest BCUT2D eigenvalue weighted by molar-refractivity contribution is 0.718. The number of aromatic nitrogens is 4. The third-order valence-electron chi connectivity index (χ3n) is 1.95. The zero-order valence-electron chi connectivity index (χ0n) is 7.78. The summed E-state index contributed by atoms with van der Waals surface area (Å²) < 4.78 is 1.89. The van der Waals surface area contributed by atoms with E-state index in [0.29, 0.717) is 5.82 Å². The first kappa shape index (κ1) is 8.16. The van der Waals surface area contributed by atoms with E-state index in [1.54, 1.807) is 0 Å². The fourth-order valence-corrected chi connectivity index (χ4v) is 1.29. The van der Waals surface area contributed by atoms with E-state index in [0.717, 1.165) is 24.4 Å². The van der Waals surface area contributed by atoms with E-state index >= 15 is 0 Å². The van der Waals surface area contributed by atoms with Crippen LogP contribution in [0.1, 0.15) is 19.2 Å². The van der Waals surface area contributed by atoms with Gasteiger partial charge in [-0.2, -0.15) is 0 Å². The van der Waals surface area contributed by atoms with Crippen LogP contribution in [-0.2, 0) is 13.5 Å². The molecule has 2 rings (SSSR count). The van der Waals surface area contributed by atoms with E-state index in [2.05, 4.69) is 28.1 Å². The fraction of sp³-hybridized carbons (Fsp3) is 0.444. The highest BCUT2D eigenvalue weighted by Crippen LogP contribution is 2.13. The summed E-state index contributed by atoms with van der Waals surface area (Å²) in [7, 11) is 1.94. The summed E-state index contributed by atoms with van der Waals surface area (Å²) >= 11 is 0. The molecule has 0 aliphatic carbocycles. The molecule has 0 amide bonds. The van der Waals surface area contributed by atoms with Crippen LogP contribution in [0.3, 0.4) is 0 Å². The van der Waals surface area contributed by atoms with Crippen molar-refractivity contribution in [2.45, 2.75) is 19.8 Å². The molecule has 2 aliphatic heterocycles. The number of fused-ring (bicyclic) bond motifs is 1. The summed E-state index contributed by atoms with van der Waals surface area (Å²) in [6, 6.07) is 0. The molecule has 1 radical (unpaired) electrons. The molecule has 0 saturated carbocycles. The van der Waals surface area contributed by atoms with Gasteiger partial charge in [0.2, 0.25) is 0 Å². The van der Waals surface area contributed by atoms with E-state index in [4.69, 9.17) is 0 Å². The van der Waals surface area contributed by atoms with Gasteiger partial charge in [0, 0.05) is 13.5 Å². The summed E-state index contributed by atoms with van der Waals surface area (Å²) in [5.74, 6) is 1.71. The third kappa shape index (κ3) is 1.39. The van der Waals surface area contributed by atoms with Crippen LogP contribution in [0, 0.1) is 6.20 Å². The van der Waals surface area contributed by atoms with Crippen molar-refractivity contribution in [3.05, 3.63) is 18.3 Å². The van der Waals surface area contributed by atoms with Crippen molar-refractivity contribution in [3.8, 4) is 11.5 Å². The van der Waals surface area contributed by atoms with Crippen LogP contribution >= 0.6 is 0 Å². The summed E-state index contributed by atoms with van der Waals surface area (Å²) in [6.07, 6.45) is 6.65. The van der Waals surface area contributed by atoms with Crippen molar-refractivity contribution >= 4 is 0 Å². The molecule has 0 spiro atoms. The Kier molecular flexibility index (Phi) is 1.96. The molecule has 2 aliphatic rings. The van der Waals surface area contributed by atoms with Crippen molar-refractivity contribution in [2.24, 2.45) is 7.05 Å². The Morgan fingerprint density at radius 1 is 1.46 bits per heavy atom. The van der Waals surface area contributed by atoms with Crippen molar-refractivity contribution < 1.29 is 0 Å².